The lowest BCUT2D eigenvalue weighted by Crippen LogP contribution is -2.24. The van der Waals surface area contributed by atoms with E-state index in [0.29, 0.717) is 28.1 Å². The molecule has 2 N–H and O–H groups in total. The lowest BCUT2D eigenvalue weighted by molar-refractivity contribution is 0.355. The van der Waals surface area contributed by atoms with Gasteiger partial charge in [-0.3, -0.25) is 5.43 Å². The van der Waals surface area contributed by atoms with Crippen LogP contribution in [0.1, 0.15) is 12.7 Å². The molecule has 1 aromatic carbocycles. The number of nitrogens with one attached hydrogen (secondary N) is 2. The van der Waals surface area contributed by atoms with Crippen LogP contribution in [0.2, 0.25) is 0 Å². The summed E-state index contributed by atoms with van der Waals surface area (Å²) in [5.74, 6) is 1.95. The highest BCUT2D eigenvalue weighted by molar-refractivity contribution is 7.80. The van der Waals surface area contributed by atoms with Crippen LogP contribution in [0.5, 0.6) is 11.5 Å². The van der Waals surface area contributed by atoms with Crippen LogP contribution >= 0.6 is 12.2 Å². The van der Waals surface area contributed by atoms with Crippen LogP contribution in [-0.4, -0.2) is 25.0 Å². The van der Waals surface area contributed by atoms with E-state index >= 15 is 0 Å². The number of hydrogen-bond acceptors (Lipinski definition) is 5. The lowest BCUT2D eigenvalue weighted by Gasteiger charge is -2.11. The number of anilines is 1. The summed E-state index contributed by atoms with van der Waals surface area (Å²) >= 11 is 5.19. The number of ether oxygens (including phenoxy) is 2. The Labute approximate surface area is 134 Å². The molecule has 0 radical (unpaired) electrons. The summed E-state index contributed by atoms with van der Waals surface area (Å²) in [5.41, 5.74) is 4.22. The molecule has 0 bridgehead atoms. The zero-order chi connectivity index (χ0) is 15.9. The van der Waals surface area contributed by atoms with Gasteiger partial charge < -0.3 is 19.2 Å². The maximum absolute atomic E-state index is 5.24. The summed E-state index contributed by atoms with van der Waals surface area (Å²) in [6.07, 6.45) is 1.59. The fourth-order valence-corrected chi connectivity index (χ4v) is 1.91. The van der Waals surface area contributed by atoms with Gasteiger partial charge in [-0.25, -0.2) is 0 Å². The van der Waals surface area contributed by atoms with Crippen LogP contribution in [0.4, 0.5) is 5.69 Å². The maximum atomic E-state index is 5.24. The third-order valence-corrected chi connectivity index (χ3v) is 3.04. The van der Waals surface area contributed by atoms with Crippen molar-refractivity contribution in [3.8, 4) is 11.5 Å². The van der Waals surface area contributed by atoms with E-state index in [9.17, 15) is 0 Å². The van der Waals surface area contributed by atoms with Gasteiger partial charge in [0.05, 0.1) is 20.5 Å². The Hall–Kier alpha value is -2.54. The second-order valence-corrected chi connectivity index (χ2v) is 4.72. The molecule has 1 aromatic heterocycles. The quantitative estimate of drug-likeness (QED) is 0.502. The molecule has 0 saturated carbocycles. The second kappa shape index (κ2) is 7.46. The summed E-state index contributed by atoms with van der Waals surface area (Å²) in [4.78, 5) is 0. The molecule has 0 atom stereocenters. The van der Waals surface area contributed by atoms with Gasteiger partial charge in [0.15, 0.2) is 16.6 Å². The Morgan fingerprint density at radius 1 is 1.18 bits per heavy atom. The minimum absolute atomic E-state index is 0.359. The fraction of sp³-hybridized carbons (Fsp3) is 0.200. The first-order chi connectivity index (χ1) is 10.6. The van der Waals surface area contributed by atoms with Crippen molar-refractivity contribution < 1.29 is 13.9 Å². The normalized spacial score (nSPS) is 11.0. The smallest absolute Gasteiger partial charge is 0.191 e. The van der Waals surface area contributed by atoms with E-state index < -0.39 is 0 Å². The predicted octanol–water partition coefficient (Wildman–Crippen LogP) is 3.01. The van der Waals surface area contributed by atoms with Gasteiger partial charge >= 0.3 is 0 Å². The number of nitrogens with zero attached hydrogens (tertiary/aromatic N) is 1. The van der Waals surface area contributed by atoms with Crippen LogP contribution in [-0.2, 0) is 0 Å². The van der Waals surface area contributed by atoms with Crippen molar-refractivity contribution in [1.29, 1.82) is 0 Å². The Morgan fingerprint density at radius 3 is 2.59 bits per heavy atom. The molecule has 0 unspecified atom stereocenters. The van der Waals surface area contributed by atoms with Gasteiger partial charge in [0, 0.05) is 11.8 Å². The van der Waals surface area contributed by atoms with E-state index in [4.69, 9.17) is 26.1 Å². The van der Waals surface area contributed by atoms with Crippen LogP contribution in [0, 0.1) is 0 Å². The molecule has 0 aliphatic heterocycles. The molecule has 6 nitrogen and oxygen atoms in total. The molecule has 7 heteroatoms. The van der Waals surface area contributed by atoms with Gasteiger partial charge in [-0.1, -0.05) is 0 Å². The molecule has 22 heavy (non-hydrogen) atoms. The molecular weight excluding hydrogens is 302 g/mol. The standard InChI is InChI=1S/C15H17N3O3S/c1-10(12-5-4-8-21-12)17-18-15(22)16-11-6-7-13(19-2)14(9-11)20-3/h4-9H,1-3H3,(H2,16,18,22)/b17-10-. The van der Waals surface area contributed by atoms with Gasteiger partial charge in [0.1, 0.15) is 11.5 Å². The highest BCUT2D eigenvalue weighted by atomic mass is 32.1. The molecule has 0 saturated heterocycles. The molecule has 2 rings (SSSR count). The number of furan rings is 1. The van der Waals surface area contributed by atoms with Gasteiger partial charge in [-0.15, -0.1) is 0 Å². The Morgan fingerprint density at radius 2 is 1.95 bits per heavy atom. The van der Waals surface area contributed by atoms with E-state index in [-0.39, 0.29) is 0 Å². The monoisotopic (exact) mass is 319 g/mol. The van der Waals surface area contributed by atoms with E-state index in [1.807, 2.05) is 19.1 Å². The number of methoxy groups -OCH3 is 2. The SMILES string of the molecule is COc1ccc(NC(=S)N/N=C(/C)c2ccco2)cc1OC. The first-order valence-electron chi connectivity index (χ1n) is 6.51. The first-order valence-corrected chi connectivity index (χ1v) is 6.92. The molecular formula is C15H17N3O3S. The zero-order valence-electron chi connectivity index (χ0n) is 12.5. The average molecular weight is 319 g/mol. The van der Waals surface area contributed by atoms with E-state index in [2.05, 4.69) is 15.8 Å². The second-order valence-electron chi connectivity index (χ2n) is 4.31. The van der Waals surface area contributed by atoms with Gasteiger partial charge in [0.25, 0.3) is 0 Å². The largest absolute Gasteiger partial charge is 0.493 e. The van der Waals surface area contributed by atoms with Crippen molar-refractivity contribution in [1.82, 2.24) is 5.43 Å². The third-order valence-electron chi connectivity index (χ3n) is 2.84. The molecule has 0 spiro atoms. The van der Waals surface area contributed by atoms with E-state index in [1.165, 1.54) is 0 Å². The van der Waals surface area contributed by atoms with Gasteiger partial charge in [-0.2, -0.15) is 5.10 Å². The van der Waals surface area contributed by atoms with Crippen molar-refractivity contribution in [2.75, 3.05) is 19.5 Å². The number of thiocarbonyl (C=S) groups is 1. The van der Waals surface area contributed by atoms with E-state index in [0.717, 1.165) is 5.69 Å². The molecule has 2 aromatic rings. The minimum atomic E-state index is 0.359. The summed E-state index contributed by atoms with van der Waals surface area (Å²) in [6.45, 7) is 1.82. The zero-order valence-corrected chi connectivity index (χ0v) is 13.4. The maximum Gasteiger partial charge on any atom is 0.191 e. The van der Waals surface area contributed by atoms with Crippen molar-refractivity contribution >= 4 is 28.7 Å². The summed E-state index contributed by atoms with van der Waals surface area (Å²) in [7, 11) is 3.17. The summed E-state index contributed by atoms with van der Waals surface area (Å²) in [6, 6.07) is 9.04. The Kier molecular flexibility index (Phi) is 5.37. The van der Waals surface area contributed by atoms with Crippen molar-refractivity contribution in [3.63, 3.8) is 0 Å². The predicted molar refractivity (Wildman–Crippen MR) is 89.8 cm³/mol. The third kappa shape index (κ3) is 3.98. The highest BCUT2D eigenvalue weighted by Gasteiger charge is 2.06. The van der Waals surface area contributed by atoms with Crippen molar-refractivity contribution in [2.45, 2.75) is 6.92 Å². The Balaban J connectivity index is 1.99. The minimum Gasteiger partial charge on any atom is -0.493 e. The van der Waals surface area contributed by atoms with Crippen molar-refractivity contribution in [2.24, 2.45) is 5.10 Å². The molecule has 0 fully saturated rings. The van der Waals surface area contributed by atoms with Crippen LogP contribution in [0.15, 0.2) is 46.1 Å². The summed E-state index contributed by atoms with van der Waals surface area (Å²) in [5, 5.41) is 7.53. The molecule has 0 amide bonds. The number of hydrogen-bond donors (Lipinski definition) is 2. The molecule has 116 valence electrons. The molecule has 1 heterocycles. The van der Waals surface area contributed by atoms with Gasteiger partial charge in [-0.05, 0) is 43.4 Å². The van der Waals surface area contributed by atoms with E-state index in [1.54, 1.807) is 38.7 Å². The number of benzene rings is 1. The highest BCUT2D eigenvalue weighted by Crippen LogP contribution is 2.29. The van der Waals surface area contributed by atoms with Gasteiger partial charge in [0.2, 0.25) is 0 Å². The lowest BCUT2D eigenvalue weighted by atomic mass is 10.3. The molecule has 0 aliphatic carbocycles. The number of rotatable bonds is 5. The number of hydrazone groups is 1. The Bertz CT molecular complexity index is 669. The van der Waals surface area contributed by atoms with Crippen LogP contribution < -0.4 is 20.2 Å². The fourth-order valence-electron chi connectivity index (χ4n) is 1.75. The molecule has 0 aliphatic rings. The van der Waals surface area contributed by atoms with Crippen molar-refractivity contribution in [3.05, 3.63) is 42.4 Å². The topological polar surface area (TPSA) is 68.0 Å². The summed E-state index contributed by atoms with van der Waals surface area (Å²) < 4.78 is 15.7. The van der Waals surface area contributed by atoms with Crippen LogP contribution in [0.3, 0.4) is 0 Å². The first kappa shape index (κ1) is 15.8. The average Bonchev–Trinajstić information content (AvgIpc) is 3.07. The van der Waals surface area contributed by atoms with Crippen LogP contribution in [0.25, 0.3) is 0 Å².